The molecule has 1 aliphatic rings. The molecule has 4 nitrogen and oxygen atoms in total. The normalized spacial score (nSPS) is 26.7. The Morgan fingerprint density at radius 2 is 2.36 bits per heavy atom. The largest absolute Gasteiger partial charge is 0.376 e. The molecule has 0 saturated heterocycles. The standard InChI is InChI=1S/C5H8N2O2S2/c6-5(10)7-4-1-2-11(8,9)3-4/h1-2,4H,3H2,(H3,6,7,10)/t4-/m0/s1. The third-order valence-electron chi connectivity index (χ3n) is 1.26. The molecule has 0 aliphatic carbocycles. The first-order valence-corrected chi connectivity index (χ1v) is 5.09. The van der Waals surface area contributed by atoms with Gasteiger partial charge in [0.05, 0.1) is 11.8 Å². The van der Waals surface area contributed by atoms with Crippen LogP contribution in [0.5, 0.6) is 0 Å². The summed E-state index contributed by atoms with van der Waals surface area (Å²) in [6, 6.07) is -0.252. The third-order valence-corrected chi connectivity index (χ3v) is 2.77. The van der Waals surface area contributed by atoms with Gasteiger partial charge < -0.3 is 11.1 Å². The molecule has 62 valence electrons. The van der Waals surface area contributed by atoms with E-state index in [-0.39, 0.29) is 16.9 Å². The van der Waals surface area contributed by atoms with Crippen molar-refractivity contribution >= 4 is 27.2 Å². The van der Waals surface area contributed by atoms with Crippen molar-refractivity contribution in [3.8, 4) is 0 Å². The lowest BCUT2D eigenvalue weighted by Gasteiger charge is -2.07. The molecule has 0 bridgehead atoms. The molecular weight excluding hydrogens is 184 g/mol. The summed E-state index contributed by atoms with van der Waals surface area (Å²) in [5.74, 6) is 0.0460. The fourth-order valence-electron chi connectivity index (χ4n) is 0.848. The van der Waals surface area contributed by atoms with Gasteiger partial charge in [0.2, 0.25) is 0 Å². The van der Waals surface area contributed by atoms with Crippen LogP contribution in [0.25, 0.3) is 0 Å². The van der Waals surface area contributed by atoms with E-state index >= 15 is 0 Å². The molecule has 11 heavy (non-hydrogen) atoms. The van der Waals surface area contributed by atoms with Crippen LogP contribution >= 0.6 is 12.2 Å². The minimum absolute atomic E-state index is 0.0460. The number of sulfone groups is 1. The van der Waals surface area contributed by atoms with Gasteiger partial charge in [0.1, 0.15) is 0 Å². The van der Waals surface area contributed by atoms with Crippen molar-refractivity contribution in [2.45, 2.75) is 6.04 Å². The smallest absolute Gasteiger partial charge is 0.173 e. The maximum Gasteiger partial charge on any atom is 0.173 e. The van der Waals surface area contributed by atoms with Crippen molar-refractivity contribution in [2.24, 2.45) is 5.73 Å². The average Bonchev–Trinajstić information content (AvgIpc) is 2.08. The summed E-state index contributed by atoms with van der Waals surface area (Å²) in [7, 11) is -3.00. The molecule has 0 aromatic heterocycles. The van der Waals surface area contributed by atoms with Gasteiger partial charge in [-0.25, -0.2) is 8.42 Å². The van der Waals surface area contributed by atoms with Crippen LogP contribution in [-0.2, 0) is 9.84 Å². The quantitative estimate of drug-likeness (QED) is 0.528. The second-order valence-electron chi connectivity index (χ2n) is 2.27. The molecule has 1 atom stereocenters. The second-order valence-corrected chi connectivity index (χ2v) is 4.64. The lowest BCUT2D eigenvalue weighted by Crippen LogP contribution is -2.38. The fraction of sp³-hybridized carbons (Fsp3) is 0.400. The first-order valence-electron chi connectivity index (χ1n) is 2.96. The highest BCUT2D eigenvalue weighted by Gasteiger charge is 2.21. The second kappa shape index (κ2) is 2.78. The van der Waals surface area contributed by atoms with Gasteiger partial charge in [-0.15, -0.1) is 0 Å². The number of thiocarbonyl (C=S) groups is 1. The van der Waals surface area contributed by atoms with E-state index in [2.05, 4.69) is 17.5 Å². The Kier molecular flexibility index (Phi) is 2.15. The van der Waals surface area contributed by atoms with E-state index < -0.39 is 9.84 Å². The molecule has 0 fully saturated rings. The van der Waals surface area contributed by atoms with Crippen molar-refractivity contribution in [2.75, 3.05) is 5.75 Å². The van der Waals surface area contributed by atoms with Gasteiger partial charge in [-0.05, 0) is 18.3 Å². The first kappa shape index (κ1) is 8.48. The van der Waals surface area contributed by atoms with E-state index in [1.165, 1.54) is 11.5 Å². The fourth-order valence-corrected chi connectivity index (χ4v) is 2.24. The molecule has 0 saturated carbocycles. The molecular formula is C5H8N2O2S2. The molecule has 0 aromatic rings. The Labute approximate surface area is 70.4 Å². The van der Waals surface area contributed by atoms with Gasteiger partial charge in [0.25, 0.3) is 0 Å². The lowest BCUT2D eigenvalue weighted by atomic mass is 10.3. The lowest BCUT2D eigenvalue weighted by molar-refractivity contribution is 0.602. The van der Waals surface area contributed by atoms with Gasteiger partial charge in [-0.3, -0.25) is 0 Å². The Hall–Kier alpha value is -0.620. The number of rotatable bonds is 1. The van der Waals surface area contributed by atoms with E-state index in [4.69, 9.17) is 5.73 Å². The summed E-state index contributed by atoms with van der Waals surface area (Å²) in [6.07, 6.45) is 1.54. The average molecular weight is 192 g/mol. The minimum Gasteiger partial charge on any atom is -0.376 e. The predicted octanol–water partition coefficient (Wildman–Crippen LogP) is -0.870. The molecule has 0 radical (unpaired) electrons. The summed E-state index contributed by atoms with van der Waals surface area (Å²) in [5.41, 5.74) is 5.15. The van der Waals surface area contributed by atoms with Crippen molar-refractivity contribution in [1.82, 2.24) is 5.32 Å². The van der Waals surface area contributed by atoms with Gasteiger partial charge in [-0.1, -0.05) is 0 Å². The Morgan fingerprint density at radius 1 is 1.73 bits per heavy atom. The van der Waals surface area contributed by atoms with E-state index in [1.807, 2.05) is 0 Å². The van der Waals surface area contributed by atoms with Crippen LogP contribution < -0.4 is 11.1 Å². The third kappa shape index (κ3) is 2.47. The number of hydrogen-bond donors (Lipinski definition) is 2. The summed E-state index contributed by atoms with van der Waals surface area (Å²) in [4.78, 5) is 0. The van der Waals surface area contributed by atoms with Crippen molar-refractivity contribution in [1.29, 1.82) is 0 Å². The maximum absolute atomic E-state index is 10.8. The van der Waals surface area contributed by atoms with Crippen LogP contribution in [-0.4, -0.2) is 25.3 Å². The van der Waals surface area contributed by atoms with Crippen LogP contribution in [0.2, 0.25) is 0 Å². The van der Waals surface area contributed by atoms with Crippen LogP contribution in [0.3, 0.4) is 0 Å². The monoisotopic (exact) mass is 192 g/mol. The summed E-state index contributed by atoms with van der Waals surface area (Å²) in [5, 5.41) is 3.93. The van der Waals surface area contributed by atoms with Crippen molar-refractivity contribution in [3.05, 3.63) is 11.5 Å². The molecule has 0 spiro atoms. The van der Waals surface area contributed by atoms with Crippen LogP contribution in [0.1, 0.15) is 0 Å². The van der Waals surface area contributed by atoms with Gasteiger partial charge >= 0.3 is 0 Å². The summed E-state index contributed by atoms with van der Waals surface area (Å²) in [6.45, 7) is 0. The predicted molar refractivity (Wildman–Crippen MR) is 46.6 cm³/mol. The molecule has 0 unspecified atom stereocenters. The Morgan fingerprint density at radius 3 is 2.73 bits per heavy atom. The number of hydrogen-bond acceptors (Lipinski definition) is 3. The van der Waals surface area contributed by atoms with E-state index in [9.17, 15) is 8.42 Å². The summed E-state index contributed by atoms with van der Waals surface area (Å²) >= 11 is 4.55. The van der Waals surface area contributed by atoms with Crippen molar-refractivity contribution < 1.29 is 8.42 Å². The van der Waals surface area contributed by atoms with Gasteiger partial charge in [0, 0.05) is 5.41 Å². The first-order chi connectivity index (χ1) is 4.99. The highest BCUT2D eigenvalue weighted by Crippen LogP contribution is 2.06. The van der Waals surface area contributed by atoms with E-state index in [0.717, 1.165) is 0 Å². The molecule has 3 N–H and O–H groups in total. The zero-order chi connectivity index (χ0) is 8.48. The van der Waals surface area contributed by atoms with Crippen LogP contribution in [0.15, 0.2) is 11.5 Å². The molecule has 0 amide bonds. The van der Waals surface area contributed by atoms with Crippen LogP contribution in [0.4, 0.5) is 0 Å². The number of nitrogens with two attached hydrogens (primary N) is 1. The summed E-state index contributed by atoms with van der Waals surface area (Å²) < 4.78 is 21.6. The van der Waals surface area contributed by atoms with Crippen molar-refractivity contribution in [3.63, 3.8) is 0 Å². The van der Waals surface area contributed by atoms with Gasteiger partial charge in [0.15, 0.2) is 14.9 Å². The zero-order valence-corrected chi connectivity index (χ0v) is 7.28. The Bertz CT molecular complexity index is 294. The molecule has 1 heterocycles. The highest BCUT2D eigenvalue weighted by molar-refractivity contribution is 7.94. The maximum atomic E-state index is 10.8. The van der Waals surface area contributed by atoms with E-state index in [1.54, 1.807) is 0 Å². The molecule has 1 aliphatic heterocycles. The Balaban J connectivity index is 2.58. The van der Waals surface area contributed by atoms with Crippen LogP contribution in [0, 0.1) is 0 Å². The number of nitrogens with one attached hydrogen (secondary N) is 1. The highest BCUT2D eigenvalue weighted by atomic mass is 32.2. The molecule has 0 aromatic carbocycles. The van der Waals surface area contributed by atoms with E-state index in [0.29, 0.717) is 0 Å². The molecule has 1 rings (SSSR count). The van der Waals surface area contributed by atoms with Gasteiger partial charge in [-0.2, -0.15) is 0 Å². The SMILES string of the molecule is NC(=S)N[C@H]1C=CS(=O)(=O)C1. The molecule has 6 heteroatoms. The topological polar surface area (TPSA) is 72.2 Å². The minimum atomic E-state index is -3.00. The zero-order valence-electron chi connectivity index (χ0n) is 5.65.